The summed E-state index contributed by atoms with van der Waals surface area (Å²) in [5.74, 6) is -1.66. The van der Waals surface area contributed by atoms with Crippen molar-refractivity contribution in [3.63, 3.8) is 0 Å². The fourth-order valence-corrected chi connectivity index (χ4v) is 6.01. The Hall–Kier alpha value is -1.69. The second-order valence-corrected chi connectivity index (χ2v) is 14.1. The van der Waals surface area contributed by atoms with Crippen LogP contribution in [0.2, 0.25) is 0 Å². The van der Waals surface area contributed by atoms with Gasteiger partial charge in [-0.3, -0.25) is 14.2 Å². The summed E-state index contributed by atoms with van der Waals surface area (Å²) in [7, 11) is -3.32. The van der Waals surface area contributed by atoms with E-state index in [2.05, 4.69) is 5.32 Å². The van der Waals surface area contributed by atoms with Crippen molar-refractivity contribution in [2.75, 3.05) is 12.4 Å². The Balaban J connectivity index is 3.03. The molecule has 1 aromatic rings. The molecule has 1 aromatic carbocycles. The third kappa shape index (κ3) is 13.9. The summed E-state index contributed by atoms with van der Waals surface area (Å²) in [4.78, 5) is 25.3. The summed E-state index contributed by atoms with van der Waals surface area (Å²) < 4.78 is 31.0. The summed E-state index contributed by atoms with van der Waals surface area (Å²) in [6, 6.07) is 9.78. The van der Waals surface area contributed by atoms with Gasteiger partial charge in [-0.05, 0) is 74.3 Å². The molecule has 0 spiro atoms. The van der Waals surface area contributed by atoms with Gasteiger partial charge in [-0.2, -0.15) is 0 Å². The van der Waals surface area contributed by atoms with E-state index >= 15 is 0 Å². The highest BCUT2D eigenvalue weighted by Crippen LogP contribution is 2.51. The summed E-state index contributed by atoms with van der Waals surface area (Å²) >= 11 is 0. The van der Waals surface area contributed by atoms with Crippen molar-refractivity contribution in [1.82, 2.24) is 5.32 Å². The van der Waals surface area contributed by atoms with Gasteiger partial charge in [0.25, 0.3) is 0 Å². The number of esters is 2. The number of carbonyl (C=O) groups excluding carboxylic acids is 2. The van der Waals surface area contributed by atoms with E-state index in [0.29, 0.717) is 6.54 Å². The van der Waals surface area contributed by atoms with Crippen molar-refractivity contribution in [2.24, 2.45) is 5.92 Å². The summed E-state index contributed by atoms with van der Waals surface area (Å²) in [5, 5.41) is 3.22. The molecule has 0 aliphatic heterocycles. The molecule has 0 aliphatic carbocycles. The minimum absolute atomic E-state index is 0.0220. The predicted molar refractivity (Wildman–Crippen MR) is 136 cm³/mol. The Morgan fingerprint density at radius 1 is 0.882 bits per heavy atom. The summed E-state index contributed by atoms with van der Waals surface area (Å²) in [6.45, 7) is 16.7. The van der Waals surface area contributed by atoms with Crippen LogP contribution < -0.4 is 5.32 Å². The molecule has 0 aliphatic rings. The number of rotatable bonds is 11. The summed E-state index contributed by atoms with van der Waals surface area (Å²) in [5.41, 5.74) is -0.946. The molecule has 1 N–H and O–H groups in total. The van der Waals surface area contributed by atoms with Crippen LogP contribution in [0.1, 0.15) is 80.7 Å². The monoisotopic (exact) mass is 497 g/mol. The third-order valence-electron chi connectivity index (χ3n) is 4.32. The highest BCUT2D eigenvalue weighted by Gasteiger charge is 2.37. The fourth-order valence-electron chi connectivity index (χ4n) is 3.29. The van der Waals surface area contributed by atoms with Crippen LogP contribution in [-0.2, 0) is 34.7 Å². The first kappa shape index (κ1) is 30.3. The van der Waals surface area contributed by atoms with Crippen LogP contribution in [0.15, 0.2) is 30.3 Å². The Labute approximate surface area is 205 Å². The first-order chi connectivity index (χ1) is 15.4. The predicted octanol–water partition coefficient (Wildman–Crippen LogP) is 5.91. The van der Waals surface area contributed by atoms with E-state index < -0.39 is 42.0 Å². The standard InChI is InChI=1S/C26H44NO6P/c1-24(2,3)31-22(28)16-15-21(23(29)32-25(4,5)6)18-34(30,33-26(7,8)9)19-27-17-20-13-11-10-12-14-20/h10-14,21,27H,15-19H2,1-9H3. The van der Waals surface area contributed by atoms with Gasteiger partial charge in [0.2, 0.25) is 7.37 Å². The smallest absolute Gasteiger partial charge is 0.310 e. The van der Waals surface area contributed by atoms with Crippen LogP contribution in [0.25, 0.3) is 0 Å². The van der Waals surface area contributed by atoms with E-state index in [0.717, 1.165) is 5.56 Å². The first-order valence-electron chi connectivity index (χ1n) is 11.9. The van der Waals surface area contributed by atoms with Gasteiger partial charge in [0.05, 0.1) is 17.8 Å². The van der Waals surface area contributed by atoms with Gasteiger partial charge < -0.3 is 19.3 Å². The molecule has 0 fully saturated rings. The second kappa shape index (κ2) is 12.3. The Morgan fingerprint density at radius 2 is 1.44 bits per heavy atom. The number of hydrogen-bond donors (Lipinski definition) is 1. The third-order valence-corrected chi connectivity index (χ3v) is 6.90. The number of ether oxygens (including phenoxy) is 2. The Bertz CT molecular complexity index is 834. The van der Waals surface area contributed by atoms with Crippen molar-refractivity contribution in [3.8, 4) is 0 Å². The molecule has 0 saturated carbocycles. The lowest BCUT2D eigenvalue weighted by Crippen LogP contribution is -2.33. The van der Waals surface area contributed by atoms with Gasteiger partial charge in [0.1, 0.15) is 11.2 Å². The molecule has 2 atom stereocenters. The maximum atomic E-state index is 14.0. The van der Waals surface area contributed by atoms with Crippen LogP contribution in [0.5, 0.6) is 0 Å². The molecule has 0 saturated heterocycles. The van der Waals surface area contributed by atoms with E-state index in [4.69, 9.17) is 14.0 Å². The molecule has 0 heterocycles. The summed E-state index contributed by atoms with van der Waals surface area (Å²) in [6.07, 6.45) is 0.267. The lowest BCUT2D eigenvalue weighted by Gasteiger charge is -2.31. The number of benzene rings is 1. The fraction of sp³-hybridized carbons (Fsp3) is 0.692. The molecule has 0 bridgehead atoms. The molecule has 8 heteroatoms. The maximum Gasteiger partial charge on any atom is 0.310 e. The van der Waals surface area contributed by atoms with E-state index in [-0.39, 0.29) is 25.3 Å². The zero-order valence-electron chi connectivity index (χ0n) is 22.4. The molecular weight excluding hydrogens is 453 g/mol. The highest BCUT2D eigenvalue weighted by molar-refractivity contribution is 7.59. The Morgan fingerprint density at radius 3 is 1.94 bits per heavy atom. The van der Waals surface area contributed by atoms with Crippen molar-refractivity contribution in [1.29, 1.82) is 0 Å². The van der Waals surface area contributed by atoms with E-state index in [9.17, 15) is 14.2 Å². The molecule has 1 rings (SSSR count). The lowest BCUT2D eigenvalue weighted by atomic mass is 10.0. The van der Waals surface area contributed by atoms with Gasteiger partial charge in [0, 0.05) is 19.1 Å². The largest absolute Gasteiger partial charge is 0.460 e. The molecule has 7 nitrogen and oxygen atoms in total. The van der Waals surface area contributed by atoms with Crippen LogP contribution in [0, 0.1) is 5.92 Å². The van der Waals surface area contributed by atoms with Crippen molar-refractivity contribution >= 4 is 19.3 Å². The average Bonchev–Trinajstić information content (AvgIpc) is 2.61. The number of carbonyl (C=O) groups is 2. The highest BCUT2D eigenvalue weighted by atomic mass is 31.2. The molecule has 0 aromatic heterocycles. The van der Waals surface area contributed by atoms with E-state index in [1.54, 1.807) is 41.5 Å². The molecule has 194 valence electrons. The first-order valence-corrected chi connectivity index (χ1v) is 13.9. The number of hydrogen-bond acceptors (Lipinski definition) is 7. The zero-order chi connectivity index (χ0) is 26.2. The van der Waals surface area contributed by atoms with Crippen LogP contribution in [0.3, 0.4) is 0 Å². The van der Waals surface area contributed by atoms with Gasteiger partial charge in [-0.25, -0.2) is 0 Å². The van der Waals surface area contributed by atoms with Crippen molar-refractivity contribution in [2.45, 2.75) is 98.5 Å². The van der Waals surface area contributed by atoms with Gasteiger partial charge in [-0.1, -0.05) is 30.3 Å². The quantitative estimate of drug-likeness (QED) is 0.300. The zero-order valence-corrected chi connectivity index (χ0v) is 23.3. The van der Waals surface area contributed by atoms with Crippen LogP contribution >= 0.6 is 7.37 Å². The van der Waals surface area contributed by atoms with E-state index in [1.165, 1.54) is 0 Å². The average molecular weight is 498 g/mol. The topological polar surface area (TPSA) is 90.9 Å². The Kier molecular flexibility index (Phi) is 11.0. The van der Waals surface area contributed by atoms with Gasteiger partial charge in [0.15, 0.2) is 0 Å². The van der Waals surface area contributed by atoms with Crippen molar-refractivity contribution < 1.29 is 28.2 Å². The minimum atomic E-state index is -3.32. The van der Waals surface area contributed by atoms with Gasteiger partial charge >= 0.3 is 11.9 Å². The molecular formula is C26H44NO6P. The van der Waals surface area contributed by atoms with Crippen LogP contribution in [0.4, 0.5) is 0 Å². The van der Waals surface area contributed by atoms with Gasteiger partial charge in [-0.15, -0.1) is 0 Å². The van der Waals surface area contributed by atoms with Crippen molar-refractivity contribution in [3.05, 3.63) is 35.9 Å². The van der Waals surface area contributed by atoms with E-state index in [1.807, 2.05) is 51.1 Å². The van der Waals surface area contributed by atoms with Crippen LogP contribution in [-0.4, -0.2) is 41.2 Å². The lowest BCUT2D eigenvalue weighted by molar-refractivity contribution is -0.160. The molecule has 0 amide bonds. The normalized spacial score (nSPS) is 15.3. The minimum Gasteiger partial charge on any atom is -0.460 e. The maximum absolute atomic E-state index is 14.0. The SMILES string of the molecule is CC(C)(C)OC(=O)CCC(CP(=O)(CNCc1ccccc1)OC(C)(C)C)C(=O)OC(C)(C)C. The molecule has 2 unspecified atom stereocenters. The number of nitrogens with one attached hydrogen (secondary N) is 1. The molecule has 34 heavy (non-hydrogen) atoms. The second-order valence-electron chi connectivity index (χ2n) is 11.6. The molecule has 0 radical (unpaired) electrons.